The molecule has 0 heterocycles. The fraction of sp³-hybridized carbons (Fsp3) is 0.727. The first-order valence-electron chi connectivity index (χ1n) is 9.99. The van der Waals surface area contributed by atoms with Gasteiger partial charge in [-0.1, -0.05) is 31.6 Å². The summed E-state index contributed by atoms with van der Waals surface area (Å²) in [5.41, 5.74) is 2.57. The van der Waals surface area contributed by atoms with Gasteiger partial charge in [-0.05, 0) is 98.9 Å². The van der Waals surface area contributed by atoms with Gasteiger partial charge >= 0.3 is 0 Å². The largest absolute Gasteiger partial charge is 0.545 e. The van der Waals surface area contributed by atoms with Crippen LogP contribution >= 0.6 is 0 Å². The lowest BCUT2D eigenvalue weighted by molar-refractivity contribution is -0.0188. The summed E-state index contributed by atoms with van der Waals surface area (Å²) < 4.78 is 6.31. The highest BCUT2D eigenvalue weighted by Gasteiger charge is 2.54. The predicted molar refractivity (Wildman–Crippen MR) is 104 cm³/mol. The zero-order chi connectivity index (χ0) is 17.2. The molecule has 4 aliphatic rings. The van der Waals surface area contributed by atoms with E-state index in [-0.39, 0.29) is 0 Å². The number of rotatable bonds is 2. The molecule has 0 aromatic rings. The van der Waals surface area contributed by atoms with Gasteiger partial charge in [-0.15, -0.1) is 0 Å². The average molecular weight is 343 g/mol. The van der Waals surface area contributed by atoms with Crippen molar-refractivity contribution in [3.63, 3.8) is 0 Å². The molecule has 4 rings (SSSR count). The Hall–Kier alpha value is -0.763. The molecule has 2 saturated carbocycles. The van der Waals surface area contributed by atoms with Gasteiger partial charge in [-0.2, -0.15) is 0 Å². The van der Waals surface area contributed by atoms with Crippen molar-refractivity contribution in [3.8, 4) is 0 Å². The number of hydrogen-bond acceptors (Lipinski definition) is 1. The minimum atomic E-state index is -1.51. The van der Waals surface area contributed by atoms with Gasteiger partial charge in [0.15, 0.2) is 0 Å². The van der Waals surface area contributed by atoms with Crippen LogP contribution in [0.15, 0.2) is 35.6 Å². The zero-order valence-corrected chi connectivity index (χ0v) is 17.2. The van der Waals surface area contributed by atoms with E-state index >= 15 is 0 Å². The summed E-state index contributed by atoms with van der Waals surface area (Å²) in [7, 11) is -1.51. The first kappa shape index (κ1) is 16.7. The first-order chi connectivity index (χ1) is 11.2. The minimum Gasteiger partial charge on any atom is -0.545 e. The van der Waals surface area contributed by atoms with Gasteiger partial charge in [0.05, 0.1) is 5.76 Å². The Bertz CT molecular complexity index is 622. The van der Waals surface area contributed by atoms with Gasteiger partial charge in [0.1, 0.15) is 0 Å². The van der Waals surface area contributed by atoms with Crippen LogP contribution in [0.25, 0.3) is 0 Å². The van der Waals surface area contributed by atoms with Crippen LogP contribution in [0.1, 0.15) is 52.4 Å². The van der Waals surface area contributed by atoms with Crippen LogP contribution < -0.4 is 0 Å². The molecule has 132 valence electrons. The third-order valence-corrected chi connectivity index (χ3v) is 8.38. The van der Waals surface area contributed by atoms with E-state index in [1.807, 2.05) is 0 Å². The normalized spacial score (nSPS) is 44.1. The van der Waals surface area contributed by atoms with Crippen LogP contribution in [0.4, 0.5) is 0 Å². The van der Waals surface area contributed by atoms with Crippen molar-refractivity contribution < 1.29 is 4.43 Å². The smallest absolute Gasteiger partial charge is 0.242 e. The number of allylic oxidation sites excluding steroid dienone is 5. The van der Waals surface area contributed by atoms with Crippen molar-refractivity contribution in [2.24, 2.45) is 28.6 Å². The molecule has 5 atom stereocenters. The molecule has 0 aromatic heterocycles. The molecule has 0 N–H and O–H groups in total. The third-order valence-electron chi connectivity index (χ3n) is 7.53. The summed E-state index contributed by atoms with van der Waals surface area (Å²) in [5.74, 6) is 3.87. The van der Waals surface area contributed by atoms with Crippen LogP contribution in [-0.2, 0) is 4.43 Å². The second-order valence-electron chi connectivity index (χ2n) is 10.2. The molecule has 0 saturated heterocycles. The van der Waals surface area contributed by atoms with Gasteiger partial charge in [0, 0.05) is 0 Å². The summed E-state index contributed by atoms with van der Waals surface area (Å²) in [6.45, 7) is 11.9. The minimum absolute atomic E-state index is 0.388. The number of hydrogen-bond donors (Lipinski definition) is 0. The molecule has 0 aromatic carbocycles. The van der Waals surface area contributed by atoms with E-state index < -0.39 is 8.32 Å². The maximum atomic E-state index is 6.31. The maximum Gasteiger partial charge on any atom is 0.242 e. The summed E-state index contributed by atoms with van der Waals surface area (Å²) in [6, 6.07) is 0. The van der Waals surface area contributed by atoms with Gasteiger partial charge in [-0.25, -0.2) is 0 Å². The van der Waals surface area contributed by atoms with Gasteiger partial charge in [0.25, 0.3) is 0 Å². The Morgan fingerprint density at radius 2 is 1.92 bits per heavy atom. The molecule has 0 radical (unpaired) electrons. The average Bonchev–Trinajstić information content (AvgIpc) is 2.88. The van der Waals surface area contributed by atoms with E-state index in [0.29, 0.717) is 10.8 Å². The molecular weight excluding hydrogens is 308 g/mol. The lowest BCUT2D eigenvalue weighted by Gasteiger charge is -2.57. The van der Waals surface area contributed by atoms with E-state index in [1.54, 1.807) is 5.57 Å². The van der Waals surface area contributed by atoms with E-state index in [2.05, 4.69) is 57.8 Å². The Balaban J connectivity index is 1.59. The van der Waals surface area contributed by atoms with Crippen molar-refractivity contribution >= 4 is 8.32 Å². The Morgan fingerprint density at radius 3 is 2.67 bits per heavy atom. The predicted octanol–water partition coefficient (Wildman–Crippen LogP) is 6.46. The van der Waals surface area contributed by atoms with E-state index in [9.17, 15) is 0 Å². The van der Waals surface area contributed by atoms with Crippen molar-refractivity contribution in [1.82, 2.24) is 0 Å². The standard InChI is InChI=1S/C22H34OSi/c1-21-12-6-7-19(21)18-9-8-16-15-17(23-24(3,4)5)10-14-22(16,2)20(18)11-13-21/h6,10,12,15,18-20H,7-9,11,13-14H2,1-5H3/t18?,19?,20?,21-,22-/m0/s1. The SMILES string of the molecule is C[C@@]12C=CCC1C1CCC3=CC(O[Si](C)(C)C)=CC[C@]3(C)C1CC2. The van der Waals surface area contributed by atoms with Crippen LogP contribution in [0.5, 0.6) is 0 Å². The van der Waals surface area contributed by atoms with E-state index in [4.69, 9.17) is 4.43 Å². The fourth-order valence-electron chi connectivity index (χ4n) is 6.30. The summed E-state index contributed by atoms with van der Waals surface area (Å²) in [4.78, 5) is 0. The summed E-state index contributed by atoms with van der Waals surface area (Å²) in [6.07, 6.45) is 17.9. The molecule has 0 spiro atoms. The second kappa shape index (κ2) is 5.36. The quantitative estimate of drug-likeness (QED) is 0.413. The van der Waals surface area contributed by atoms with Crippen molar-refractivity contribution in [3.05, 3.63) is 35.6 Å². The molecule has 2 fully saturated rings. The highest BCUT2D eigenvalue weighted by Crippen LogP contribution is 2.63. The third kappa shape index (κ3) is 2.56. The highest BCUT2D eigenvalue weighted by atomic mass is 28.4. The Kier molecular flexibility index (Phi) is 3.73. The lowest BCUT2D eigenvalue weighted by Crippen LogP contribution is -2.48. The van der Waals surface area contributed by atoms with E-state index in [1.165, 1.54) is 44.3 Å². The fourth-order valence-corrected chi connectivity index (χ4v) is 7.15. The first-order valence-corrected chi connectivity index (χ1v) is 13.4. The van der Waals surface area contributed by atoms with E-state index in [0.717, 1.165) is 17.8 Å². The molecule has 0 amide bonds. The Labute approximate surface area is 149 Å². The van der Waals surface area contributed by atoms with Crippen molar-refractivity contribution in [2.75, 3.05) is 0 Å². The lowest BCUT2D eigenvalue weighted by atomic mass is 9.48. The topological polar surface area (TPSA) is 9.23 Å². The van der Waals surface area contributed by atoms with Crippen LogP contribution in [-0.4, -0.2) is 8.32 Å². The monoisotopic (exact) mass is 342 g/mol. The molecule has 4 aliphatic carbocycles. The summed E-state index contributed by atoms with van der Waals surface area (Å²) >= 11 is 0. The molecule has 24 heavy (non-hydrogen) atoms. The van der Waals surface area contributed by atoms with Gasteiger partial charge in [-0.3, -0.25) is 0 Å². The van der Waals surface area contributed by atoms with Crippen LogP contribution in [0, 0.1) is 28.6 Å². The molecule has 3 unspecified atom stereocenters. The van der Waals surface area contributed by atoms with Crippen LogP contribution in [0.2, 0.25) is 19.6 Å². The second-order valence-corrected chi connectivity index (χ2v) is 14.6. The highest BCUT2D eigenvalue weighted by molar-refractivity contribution is 6.70. The summed E-state index contributed by atoms with van der Waals surface area (Å²) in [5, 5.41) is 0. The molecular formula is C22H34OSi. The number of fused-ring (bicyclic) bond motifs is 5. The molecule has 2 heteroatoms. The molecule has 0 aliphatic heterocycles. The van der Waals surface area contributed by atoms with Gasteiger partial charge < -0.3 is 4.43 Å². The zero-order valence-electron chi connectivity index (χ0n) is 16.2. The molecule has 0 bridgehead atoms. The Morgan fingerprint density at radius 1 is 1.12 bits per heavy atom. The van der Waals surface area contributed by atoms with Gasteiger partial charge in [0.2, 0.25) is 8.32 Å². The van der Waals surface area contributed by atoms with Crippen molar-refractivity contribution in [1.29, 1.82) is 0 Å². The van der Waals surface area contributed by atoms with Crippen LogP contribution in [0.3, 0.4) is 0 Å². The molecule has 1 nitrogen and oxygen atoms in total. The van der Waals surface area contributed by atoms with Crippen molar-refractivity contribution in [2.45, 2.75) is 72.0 Å². The maximum absolute atomic E-state index is 6.31.